The number of alkyl halides is 3. The molecule has 0 atom stereocenters. The first-order valence-corrected chi connectivity index (χ1v) is 13.9. The van der Waals surface area contributed by atoms with Gasteiger partial charge in [0.15, 0.2) is 0 Å². The Balaban J connectivity index is 1.37. The minimum Gasteiger partial charge on any atom is -0.491 e. The van der Waals surface area contributed by atoms with Crippen LogP contribution in [-0.2, 0) is 6.42 Å². The van der Waals surface area contributed by atoms with Gasteiger partial charge in [0.05, 0.1) is 12.3 Å². The number of halogens is 3. The first kappa shape index (κ1) is 27.9. The lowest BCUT2D eigenvalue weighted by molar-refractivity contribution is -0.274. The number of benzene rings is 3. The van der Waals surface area contributed by atoms with Crippen molar-refractivity contribution in [2.24, 2.45) is 5.92 Å². The third kappa shape index (κ3) is 9.30. The monoisotopic (exact) mass is 525 g/mol. The van der Waals surface area contributed by atoms with Crippen LogP contribution in [0, 0.1) is 5.92 Å². The molecule has 0 aromatic heterocycles. The van der Waals surface area contributed by atoms with E-state index in [1.54, 1.807) is 12.1 Å². The molecule has 0 saturated heterocycles. The number of hydrogen-bond acceptors (Lipinski definition) is 3. The average molecular weight is 526 g/mol. The molecule has 0 unspecified atom stereocenters. The van der Waals surface area contributed by atoms with Crippen molar-refractivity contribution >= 4 is 5.69 Å². The van der Waals surface area contributed by atoms with Crippen LogP contribution in [0.3, 0.4) is 0 Å². The van der Waals surface area contributed by atoms with Crippen LogP contribution in [0.4, 0.5) is 18.9 Å². The number of ether oxygens (including phenoxy) is 2. The smallest absolute Gasteiger partial charge is 0.491 e. The van der Waals surface area contributed by atoms with Gasteiger partial charge in [0.2, 0.25) is 0 Å². The van der Waals surface area contributed by atoms with Crippen molar-refractivity contribution in [1.29, 1.82) is 0 Å². The zero-order valence-electron chi connectivity index (χ0n) is 21.9. The zero-order chi connectivity index (χ0) is 26.6. The minimum absolute atomic E-state index is 0.226. The SMILES string of the molecule is FC(F)(F)Oc1ccc(-c2ccc(OCCCC3CCCCC3)c(NCCCCc3ccccc3)c2)cc1. The van der Waals surface area contributed by atoms with E-state index in [4.69, 9.17) is 4.74 Å². The summed E-state index contributed by atoms with van der Waals surface area (Å²) >= 11 is 0. The molecular formula is C32H38F3NO2. The normalized spacial score (nSPS) is 14.3. The van der Waals surface area contributed by atoms with Gasteiger partial charge in [-0.2, -0.15) is 0 Å². The van der Waals surface area contributed by atoms with Gasteiger partial charge in [-0.3, -0.25) is 0 Å². The van der Waals surface area contributed by atoms with Crippen LogP contribution in [0.2, 0.25) is 0 Å². The second-order valence-corrected chi connectivity index (χ2v) is 10.1. The molecule has 0 heterocycles. The summed E-state index contributed by atoms with van der Waals surface area (Å²) in [5, 5.41) is 3.54. The number of rotatable bonds is 13. The highest BCUT2D eigenvalue weighted by molar-refractivity contribution is 5.72. The Bertz CT molecular complexity index is 1090. The first-order valence-electron chi connectivity index (χ1n) is 13.9. The van der Waals surface area contributed by atoms with Crippen molar-refractivity contribution in [3.8, 4) is 22.6 Å². The molecule has 3 aromatic rings. The maximum absolute atomic E-state index is 12.5. The summed E-state index contributed by atoms with van der Waals surface area (Å²) in [5.74, 6) is 1.43. The van der Waals surface area contributed by atoms with Crippen LogP contribution < -0.4 is 14.8 Å². The van der Waals surface area contributed by atoms with E-state index in [1.165, 1.54) is 56.2 Å². The van der Waals surface area contributed by atoms with Gasteiger partial charge in [-0.1, -0.05) is 80.6 Å². The van der Waals surface area contributed by atoms with Gasteiger partial charge in [-0.15, -0.1) is 13.2 Å². The fourth-order valence-electron chi connectivity index (χ4n) is 5.17. The van der Waals surface area contributed by atoms with Crippen LogP contribution >= 0.6 is 0 Å². The lowest BCUT2D eigenvalue weighted by atomic mass is 9.86. The predicted octanol–water partition coefficient (Wildman–Crippen LogP) is 9.43. The molecule has 1 N–H and O–H groups in total. The Hall–Kier alpha value is -3.15. The standard InChI is InChI=1S/C32H38F3NO2/c33-32(34,35)38-29-19-16-27(17-20-29)28-18-21-31(37-23-9-15-26-12-5-2-6-13-26)30(24-28)36-22-8-7-14-25-10-3-1-4-11-25/h1,3-4,10-11,16-21,24,26,36H,2,5-9,12-15,22-23H2. The Morgan fingerprint density at radius 2 is 1.53 bits per heavy atom. The molecule has 1 aliphatic carbocycles. The number of hydrogen-bond donors (Lipinski definition) is 1. The van der Waals surface area contributed by atoms with E-state index >= 15 is 0 Å². The lowest BCUT2D eigenvalue weighted by Gasteiger charge is -2.21. The molecule has 1 saturated carbocycles. The van der Waals surface area contributed by atoms with Gasteiger partial charge in [0.25, 0.3) is 0 Å². The minimum atomic E-state index is -4.70. The van der Waals surface area contributed by atoms with Crippen LogP contribution in [0.25, 0.3) is 11.1 Å². The summed E-state index contributed by atoms with van der Waals surface area (Å²) in [6.07, 6.45) is 7.47. The molecule has 1 fully saturated rings. The van der Waals surface area contributed by atoms with Crippen LogP contribution in [0.5, 0.6) is 11.5 Å². The van der Waals surface area contributed by atoms with Crippen molar-refractivity contribution in [3.05, 3.63) is 78.4 Å². The molecule has 3 aromatic carbocycles. The maximum atomic E-state index is 12.5. The van der Waals surface area contributed by atoms with E-state index in [0.717, 1.165) is 60.7 Å². The number of aryl methyl sites for hydroxylation is 1. The van der Waals surface area contributed by atoms with Gasteiger partial charge in [-0.05, 0) is 79.0 Å². The highest BCUT2D eigenvalue weighted by Crippen LogP contribution is 2.33. The van der Waals surface area contributed by atoms with E-state index in [0.29, 0.717) is 6.61 Å². The first-order chi connectivity index (χ1) is 18.5. The summed E-state index contributed by atoms with van der Waals surface area (Å²) in [6.45, 7) is 1.50. The van der Waals surface area contributed by atoms with Crippen LogP contribution in [0.1, 0.15) is 63.4 Å². The lowest BCUT2D eigenvalue weighted by Crippen LogP contribution is -2.16. The van der Waals surface area contributed by atoms with Crippen molar-refractivity contribution in [2.45, 2.75) is 70.6 Å². The van der Waals surface area contributed by atoms with Crippen LogP contribution in [0.15, 0.2) is 72.8 Å². The van der Waals surface area contributed by atoms with Gasteiger partial charge in [-0.25, -0.2) is 0 Å². The van der Waals surface area contributed by atoms with E-state index in [1.807, 2.05) is 24.3 Å². The Morgan fingerprint density at radius 1 is 0.789 bits per heavy atom. The number of unbranched alkanes of at least 4 members (excludes halogenated alkanes) is 1. The Kier molecular flexibility index (Phi) is 10.4. The second kappa shape index (κ2) is 14.1. The van der Waals surface area contributed by atoms with Crippen LogP contribution in [-0.4, -0.2) is 19.5 Å². The van der Waals surface area contributed by atoms with Gasteiger partial charge >= 0.3 is 6.36 Å². The maximum Gasteiger partial charge on any atom is 0.573 e. The van der Waals surface area contributed by atoms with E-state index < -0.39 is 6.36 Å². The highest BCUT2D eigenvalue weighted by Gasteiger charge is 2.31. The molecule has 0 spiro atoms. The van der Waals surface area contributed by atoms with Gasteiger partial charge in [0.1, 0.15) is 11.5 Å². The third-order valence-electron chi connectivity index (χ3n) is 7.19. The topological polar surface area (TPSA) is 30.5 Å². The second-order valence-electron chi connectivity index (χ2n) is 10.1. The van der Waals surface area contributed by atoms with Gasteiger partial charge < -0.3 is 14.8 Å². The molecule has 204 valence electrons. The van der Waals surface area contributed by atoms with E-state index in [2.05, 4.69) is 34.3 Å². The summed E-state index contributed by atoms with van der Waals surface area (Å²) in [4.78, 5) is 0. The molecule has 1 aliphatic rings. The molecular weight excluding hydrogens is 487 g/mol. The zero-order valence-corrected chi connectivity index (χ0v) is 21.9. The van der Waals surface area contributed by atoms with E-state index in [9.17, 15) is 13.2 Å². The Morgan fingerprint density at radius 3 is 2.26 bits per heavy atom. The number of nitrogens with one attached hydrogen (secondary N) is 1. The van der Waals surface area contributed by atoms with Gasteiger partial charge in [0, 0.05) is 6.54 Å². The summed E-state index contributed by atoms with van der Waals surface area (Å²) in [7, 11) is 0. The summed E-state index contributed by atoms with van der Waals surface area (Å²) in [5.41, 5.74) is 3.98. The van der Waals surface area contributed by atoms with Crippen molar-refractivity contribution in [2.75, 3.05) is 18.5 Å². The fourth-order valence-corrected chi connectivity index (χ4v) is 5.17. The highest BCUT2D eigenvalue weighted by atomic mass is 19.4. The predicted molar refractivity (Wildman–Crippen MR) is 148 cm³/mol. The largest absolute Gasteiger partial charge is 0.573 e. The molecule has 0 radical (unpaired) electrons. The third-order valence-corrected chi connectivity index (χ3v) is 7.19. The summed E-state index contributed by atoms with van der Waals surface area (Å²) < 4.78 is 47.8. The molecule has 3 nitrogen and oxygen atoms in total. The molecule has 38 heavy (non-hydrogen) atoms. The van der Waals surface area contributed by atoms with E-state index in [-0.39, 0.29) is 5.75 Å². The Labute approximate surface area is 224 Å². The van der Waals surface area contributed by atoms with Crippen molar-refractivity contribution in [1.82, 2.24) is 0 Å². The molecule has 0 bridgehead atoms. The molecule has 4 rings (SSSR count). The molecule has 0 amide bonds. The fraction of sp³-hybridized carbons (Fsp3) is 0.438. The average Bonchev–Trinajstić information content (AvgIpc) is 2.92. The summed E-state index contributed by atoms with van der Waals surface area (Å²) in [6, 6.07) is 22.4. The van der Waals surface area contributed by atoms with Crippen molar-refractivity contribution < 1.29 is 22.6 Å². The molecule has 0 aliphatic heterocycles. The number of anilines is 1. The van der Waals surface area contributed by atoms with Crippen molar-refractivity contribution in [3.63, 3.8) is 0 Å². The molecule has 6 heteroatoms. The quantitative estimate of drug-likeness (QED) is 0.226.